The summed E-state index contributed by atoms with van der Waals surface area (Å²) < 4.78 is 32.7. The van der Waals surface area contributed by atoms with Crippen LogP contribution in [0.15, 0.2) is 72.2 Å². The van der Waals surface area contributed by atoms with Crippen LogP contribution in [0, 0.1) is 17.1 Å². The van der Waals surface area contributed by atoms with Crippen molar-refractivity contribution in [3.63, 3.8) is 0 Å². The molecule has 3 aromatic rings. The quantitative estimate of drug-likeness (QED) is 0.350. The van der Waals surface area contributed by atoms with Gasteiger partial charge in [0.05, 0.1) is 23.7 Å². The second kappa shape index (κ2) is 10.9. The molecule has 0 bridgehead atoms. The molecule has 1 aliphatic heterocycles. The van der Waals surface area contributed by atoms with E-state index in [4.69, 9.17) is 19.3 Å². The molecular weight excluding hydrogens is 506 g/mol. The largest absolute Gasteiger partial charge is 0.492 e. The molecule has 1 saturated heterocycles. The van der Waals surface area contributed by atoms with Gasteiger partial charge in [0, 0.05) is 18.0 Å². The molecule has 1 heterocycles. The number of alkyl carbamates (subject to hydrolysis) is 1. The zero-order valence-corrected chi connectivity index (χ0v) is 23.2. The van der Waals surface area contributed by atoms with E-state index in [0.29, 0.717) is 16.6 Å². The van der Waals surface area contributed by atoms with Crippen LogP contribution in [0.5, 0.6) is 0 Å². The monoisotopic (exact) mass is 538 g/mol. The molecule has 0 spiro atoms. The summed E-state index contributed by atoms with van der Waals surface area (Å²) >= 11 is 0. The first kappa shape index (κ1) is 27.6. The van der Waals surface area contributed by atoms with E-state index < -0.39 is 30.2 Å². The summed E-state index contributed by atoms with van der Waals surface area (Å²) in [5.41, 5.74) is 4.90. The number of carbonyl (C=O) groups is 1. The number of carbonyl (C=O) groups excluding carboxylic acids is 1. The van der Waals surface area contributed by atoms with Gasteiger partial charge in [-0.1, -0.05) is 66.7 Å². The summed E-state index contributed by atoms with van der Waals surface area (Å²) in [6, 6.07) is 23.0. The van der Waals surface area contributed by atoms with Crippen LogP contribution < -0.4 is 5.32 Å². The Morgan fingerprint density at radius 1 is 1.02 bits per heavy atom. The summed E-state index contributed by atoms with van der Waals surface area (Å²) in [6.45, 7) is 8.05. The lowest BCUT2D eigenvalue weighted by Gasteiger charge is -2.32. The molecule has 40 heavy (non-hydrogen) atoms. The number of ether oxygens (including phenoxy) is 1. The second-order valence-electron chi connectivity index (χ2n) is 11.2. The molecule has 3 aromatic carbocycles. The fraction of sp³-hybridized carbons (Fsp3) is 0.312. The lowest BCUT2D eigenvalue weighted by atomic mass is 9.77. The van der Waals surface area contributed by atoms with E-state index >= 15 is 0 Å². The maximum atomic E-state index is 14.6. The average Bonchev–Trinajstić information content (AvgIpc) is 3.35. The zero-order chi connectivity index (χ0) is 28.5. The normalized spacial score (nSPS) is 17.2. The van der Waals surface area contributed by atoms with E-state index in [1.54, 1.807) is 18.2 Å². The smallest absolute Gasteiger partial charge is 0.449 e. The maximum Gasteiger partial charge on any atom is 0.492 e. The number of halogens is 1. The number of amides is 1. The van der Waals surface area contributed by atoms with Gasteiger partial charge in [-0.3, -0.25) is 0 Å². The van der Waals surface area contributed by atoms with Crippen LogP contribution in [0.25, 0.3) is 17.2 Å². The van der Waals surface area contributed by atoms with Crippen molar-refractivity contribution in [2.75, 3.05) is 13.2 Å². The summed E-state index contributed by atoms with van der Waals surface area (Å²) in [7, 11) is -0.749. The third-order valence-corrected chi connectivity index (χ3v) is 8.04. The van der Waals surface area contributed by atoms with Crippen LogP contribution in [0.3, 0.4) is 0 Å². The number of nitriles is 1. The Morgan fingerprint density at radius 2 is 1.62 bits per heavy atom. The van der Waals surface area contributed by atoms with Crippen LogP contribution >= 0.6 is 0 Å². The number of nitrogens with one attached hydrogen (secondary N) is 1. The molecule has 6 nitrogen and oxygen atoms in total. The van der Waals surface area contributed by atoms with Crippen molar-refractivity contribution in [2.45, 2.75) is 51.2 Å². The van der Waals surface area contributed by atoms with Crippen molar-refractivity contribution in [1.82, 2.24) is 5.32 Å². The average molecular weight is 538 g/mol. The van der Waals surface area contributed by atoms with Crippen molar-refractivity contribution in [3.8, 4) is 17.2 Å². The first-order valence-electron chi connectivity index (χ1n) is 13.4. The first-order valence-corrected chi connectivity index (χ1v) is 13.4. The van der Waals surface area contributed by atoms with E-state index in [0.717, 1.165) is 22.3 Å². The fourth-order valence-electron chi connectivity index (χ4n) is 5.12. The highest BCUT2D eigenvalue weighted by molar-refractivity contribution is 6.56. The number of benzene rings is 3. The second-order valence-corrected chi connectivity index (χ2v) is 11.2. The Bertz CT molecular complexity index is 1450. The number of nitrogens with zero attached hydrogens (tertiary/aromatic N) is 1. The van der Waals surface area contributed by atoms with Gasteiger partial charge in [0.15, 0.2) is 0 Å². The molecule has 1 amide bonds. The Morgan fingerprint density at radius 3 is 2.20 bits per heavy atom. The summed E-state index contributed by atoms with van der Waals surface area (Å²) in [5.74, 6) is -0.515. The predicted octanol–water partition coefficient (Wildman–Crippen LogP) is 6.45. The van der Waals surface area contributed by atoms with Gasteiger partial charge in [0.25, 0.3) is 0 Å². The van der Waals surface area contributed by atoms with E-state index in [-0.39, 0.29) is 25.5 Å². The van der Waals surface area contributed by atoms with Gasteiger partial charge in [-0.05, 0) is 67.1 Å². The van der Waals surface area contributed by atoms with Gasteiger partial charge < -0.3 is 19.4 Å². The number of fused-ring (bicyclic) bond motifs is 3. The lowest BCUT2D eigenvalue weighted by molar-refractivity contribution is 0.00578. The lowest BCUT2D eigenvalue weighted by Crippen LogP contribution is -2.41. The van der Waals surface area contributed by atoms with Gasteiger partial charge in [-0.15, -0.1) is 0 Å². The third kappa shape index (κ3) is 5.40. The van der Waals surface area contributed by atoms with Crippen molar-refractivity contribution in [2.24, 2.45) is 0 Å². The van der Waals surface area contributed by atoms with Crippen molar-refractivity contribution >= 4 is 19.3 Å². The molecule has 5 rings (SSSR count). The fourth-order valence-corrected chi connectivity index (χ4v) is 5.12. The molecule has 0 unspecified atom stereocenters. The van der Waals surface area contributed by atoms with Crippen molar-refractivity contribution in [3.05, 3.63) is 100 Å². The molecule has 1 aliphatic carbocycles. The van der Waals surface area contributed by atoms with Gasteiger partial charge >= 0.3 is 13.2 Å². The Kier molecular flexibility index (Phi) is 7.54. The zero-order valence-electron chi connectivity index (χ0n) is 23.2. The third-order valence-electron chi connectivity index (χ3n) is 8.04. The number of rotatable bonds is 7. The molecule has 204 valence electrons. The van der Waals surface area contributed by atoms with Gasteiger partial charge in [-0.25, -0.2) is 9.18 Å². The van der Waals surface area contributed by atoms with Crippen LogP contribution in [0.1, 0.15) is 55.9 Å². The minimum atomic E-state index is -0.749. The topological polar surface area (TPSA) is 80.6 Å². The molecular formula is C32H32BFN2O4. The first-order chi connectivity index (χ1) is 19.1. The summed E-state index contributed by atoms with van der Waals surface area (Å²) in [4.78, 5) is 12.9. The van der Waals surface area contributed by atoms with E-state index in [9.17, 15) is 9.18 Å². The Balaban J connectivity index is 1.31. The summed E-state index contributed by atoms with van der Waals surface area (Å²) in [6.07, 6.45) is 1.16. The predicted molar refractivity (Wildman–Crippen MR) is 153 cm³/mol. The van der Waals surface area contributed by atoms with E-state index in [1.807, 2.05) is 58.0 Å². The molecule has 2 aliphatic rings. The van der Waals surface area contributed by atoms with Crippen LogP contribution in [0.2, 0.25) is 0 Å². The molecule has 8 heteroatoms. The SMILES string of the molecule is CC1(C)OB(C(=Cc2ccc(CC#N)c(F)c2)CNC(=O)OCC2c3ccccc3-c3ccccc32)OC1(C)C. The highest BCUT2D eigenvalue weighted by Gasteiger charge is 2.52. The Hall–Kier alpha value is -3.93. The minimum absolute atomic E-state index is 0.0107. The van der Waals surface area contributed by atoms with Crippen LogP contribution in [-0.4, -0.2) is 37.6 Å². The number of hydrogen-bond acceptors (Lipinski definition) is 5. The van der Waals surface area contributed by atoms with E-state index in [1.165, 1.54) is 6.07 Å². The molecule has 0 saturated carbocycles. The Labute approximate surface area is 234 Å². The highest BCUT2D eigenvalue weighted by Crippen LogP contribution is 2.44. The molecule has 0 atom stereocenters. The van der Waals surface area contributed by atoms with Crippen molar-refractivity contribution < 1.29 is 23.2 Å². The van der Waals surface area contributed by atoms with Crippen molar-refractivity contribution in [1.29, 1.82) is 5.26 Å². The maximum absolute atomic E-state index is 14.6. The van der Waals surface area contributed by atoms with E-state index in [2.05, 4.69) is 29.6 Å². The minimum Gasteiger partial charge on any atom is -0.449 e. The van der Waals surface area contributed by atoms with Gasteiger partial charge in [-0.2, -0.15) is 5.26 Å². The molecule has 0 radical (unpaired) electrons. The van der Waals surface area contributed by atoms with Gasteiger partial charge in [0.1, 0.15) is 12.4 Å². The van der Waals surface area contributed by atoms with Crippen LogP contribution in [-0.2, 0) is 20.5 Å². The molecule has 1 N–H and O–H groups in total. The standard InChI is InChI=1S/C32H32BFN2O4/c1-31(2)32(3,4)40-33(39-31)23(17-21-13-14-22(15-16-35)29(34)18-21)19-36-30(37)38-20-28-26-11-7-5-9-24(26)25-10-6-8-12-27(25)28/h5-14,17-18,28H,15,19-20H2,1-4H3,(H,36,37). The number of hydrogen-bond donors (Lipinski definition) is 1. The highest BCUT2D eigenvalue weighted by atomic mass is 19.1. The molecule has 1 fully saturated rings. The van der Waals surface area contributed by atoms with Crippen LogP contribution in [0.4, 0.5) is 9.18 Å². The summed E-state index contributed by atoms with van der Waals surface area (Å²) in [5, 5.41) is 11.7. The van der Waals surface area contributed by atoms with Gasteiger partial charge in [0.2, 0.25) is 0 Å². The molecule has 0 aromatic heterocycles.